The van der Waals surface area contributed by atoms with Crippen molar-refractivity contribution in [2.24, 2.45) is 17.1 Å². The number of primary amides is 1. The number of nitrogens with zero attached hydrogens (tertiary/aromatic N) is 1. The second-order valence-electron chi connectivity index (χ2n) is 7.81. The first kappa shape index (κ1) is 17.5. The van der Waals surface area contributed by atoms with Crippen LogP contribution >= 0.6 is 11.6 Å². The molecule has 0 radical (unpaired) electrons. The largest absolute Gasteiger partial charge is 0.352 e. The van der Waals surface area contributed by atoms with Gasteiger partial charge in [0.2, 0.25) is 5.91 Å². The topological polar surface area (TPSA) is 75.4 Å². The van der Waals surface area contributed by atoms with Crippen molar-refractivity contribution in [1.29, 1.82) is 0 Å². The van der Waals surface area contributed by atoms with Gasteiger partial charge in [0, 0.05) is 19.0 Å². The molecule has 5 nitrogen and oxygen atoms in total. The van der Waals surface area contributed by atoms with Gasteiger partial charge >= 0.3 is 6.03 Å². The summed E-state index contributed by atoms with van der Waals surface area (Å²) < 4.78 is 28.6. The van der Waals surface area contributed by atoms with Crippen molar-refractivity contribution in [2.75, 3.05) is 13.1 Å². The van der Waals surface area contributed by atoms with Gasteiger partial charge in [-0.05, 0) is 49.1 Å². The summed E-state index contributed by atoms with van der Waals surface area (Å²) in [5, 5.41) is 2.17. The van der Waals surface area contributed by atoms with E-state index in [2.05, 4.69) is 5.32 Å². The molecule has 140 valence electrons. The summed E-state index contributed by atoms with van der Waals surface area (Å²) in [5.74, 6) is -2.72. The van der Waals surface area contributed by atoms with Gasteiger partial charge in [0.1, 0.15) is 22.2 Å². The summed E-state index contributed by atoms with van der Waals surface area (Å²) in [7, 11) is 0. The highest BCUT2D eigenvalue weighted by Gasteiger charge is 2.70. The molecule has 1 aliphatic heterocycles. The molecule has 0 bridgehead atoms. The van der Waals surface area contributed by atoms with E-state index in [0.29, 0.717) is 0 Å². The van der Waals surface area contributed by atoms with Crippen LogP contribution in [0.15, 0.2) is 12.1 Å². The van der Waals surface area contributed by atoms with Gasteiger partial charge in [0.05, 0.1) is 0 Å². The predicted molar refractivity (Wildman–Crippen MR) is 91.6 cm³/mol. The number of rotatable bonds is 3. The SMILES string of the molecule is CC1([C@@H](c2ccc(F)c(Cl)c2F)[C@H]2CC23CC3)C(=O)NCCN1C(N)=O. The molecule has 1 aromatic rings. The van der Waals surface area contributed by atoms with Gasteiger partial charge < -0.3 is 16.0 Å². The molecule has 4 rings (SSSR count). The van der Waals surface area contributed by atoms with Crippen LogP contribution in [0.3, 0.4) is 0 Å². The van der Waals surface area contributed by atoms with Crippen molar-refractivity contribution in [3.8, 4) is 0 Å². The van der Waals surface area contributed by atoms with Crippen molar-refractivity contribution in [1.82, 2.24) is 10.2 Å². The van der Waals surface area contributed by atoms with E-state index in [-0.39, 0.29) is 35.9 Å². The normalized spacial score (nSPS) is 30.1. The molecule has 2 saturated carbocycles. The maximum atomic E-state index is 14.9. The molecule has 3 atom stereocenters. The first-order valence-corrected chi connectivity index (χ1v) is 9.09. The Morgan fingerprint density at radius 1 is 1.42 bits per heavy atom. The number of hydrogen-bond donors (Lipinski definition) is 2. The molecule has 3 fully saturated rings. The monoisotopic (exact) mass is 383 g/mol. The Labute approximate surface area is 154 Å². The molecule has 1 heterocycles. The Kier molecular flexibility index (Phi) is 3.74. The number of hydrogen-bond acceptors (Lipinski definition) is 2. The molecule has 1 saturated heterocycles. The Morgan fingerprint density at radius 3 is 2.69 bits per heavy atom. The lowest BCUT2D eigenvalue weighted by molar-refractivity contribution is -0.135. The molecule has 1 spiro atoms. The van der Waals surface area contributed by atoms with E-state index in [1.807, 2.05) is 0 Å². The number of urea groups is 1. The van der Waals surface area contributed by atoms with Gasteiger partial charge in [-0.2, -0.15) is 0 Å². The fourth-order valence-electron chi connectivity index (χ4n) is 4.74. The predicted octanol–water partition coefficient (Wildman–Crippen LogP) is 2.77. The van der Waals surface area contributed by atoms with Crippen molar-refractivity contribution in [3.63, 3.8) is 0 Å². The standard InChI is InChI=1S/C18H20ClF2N3O2/c1-17(15(25)23-6-7-24(17)16(22)26)12(10-8-18(10)4-5-18)9-2-3-11(20)13(19)14(9)21/h2-3,10,12H,4-8H2,1H3,(H2,22,26)(H,23,25)/t10-,12+,17?/m1/s1. The van der Waals surface area contributed by atoms with Gasteiger partial charge in [-0.3, -0.25) is 4.79 Å². The average molecular weight is 384 g/mol. The van der Waals surface area contributed by atoms with E-state index in [1.54, 1.807) is 6.92 Å². The fourth-order valence-corrected chi connectivity index (χ4v) is 4.91. The Hall–Kier alpha value is -1.89. The molecule has 3 amide bonds. The van der Waals surface area contributed by atoms with E-state index in [9.17, 15) is 18.4 Å². The minimum atomic E-state index is -1.36. The quantitative estimate of drug-likeness (QED) is 0.787. The minimum Gasteiger partial charge on any atom is -0.352 e. The van der Waals surface area contributed by atoms with Gasteiger partial charge in [0.15, 0.2) is 0 Å². The van der Waals surface area contributed by atoms with Gasteiger partial charge in [-0.25, -0.2) is 13.6 Å². The Morgan fingerprint density at radius 2 is 2.12 bits per heavy atom. The number of nitrogens with two attached hydrogens (primary N) is 1. The second-order valence-corrected chi connectivity index (χ2v) is 8.19. The average Bonchev–Trinajstić information content (AvgIpc) is 3.50. The van der Waals surface area contributed by atoms with Crippen LogP contribution < -0.4 is 11.1 Å². The van der Waals surface area contributed by atoms with Crippen LogP contribution in [0.1, 0.15) is 37.7 Å². The molecular formula is C18H20ClF2N3O2. The molecule has 2 aliphatic carbocycles. The van der Waals surface area contributed by atoms with Crippen molar-refractivity contribution < 1.29 is 18.4 Å². The maximum absolute atomic E-state index is 14.9. The van der Waals surface area contributed by atoms with Crippen LogP contribution in [0.25, 0.3) is 0 Å². The second kappa shape index (κ2) is 5.55. The molecule has 0 aromatic heterocycles. The molecule has 26 heavy (non-hydrogen) atoms. The number of benzene rings is 1. The van der Waals surface area contributed by atoms with Crippen LogP contribution in [0.4, 0.5) is 13.6 Å². The van der Waals surface area contributed by atoms with Gasteiger partial charge in [-0.1, -0.05) is 17.7 Å². The van der Waals surface area contributed by atoms with Crippen LogP contribution in [0.5, 0.6) is 0 Å². The smallest absolute Gasteiger partial charge is 0.315 e. The highest BCUT2D eigenvalue weighted by Crippen LogP contribution is 2.76. The number of amides is 3. The van der Waals surface area contributed by atoms with Crippen LogP contribution in [0.2, 0.25) is 5.02 Å². The Balaban J connectivity index is 1.87. The zero-order valence-electron chi connectivity index (χ0n) is 14.3. The van der Waals surface area contributed by atoms with Crippen LogP contribution in [-0.4, -0.2) is 35.5 Å². The summed E-state index contributed by atoms with van der Waals surface area (Å²) in [6.45, 7) is 2.14. The molecule has 8 heteroatoms. The third-order valence-electron chi connectivity index (χ3n) is 6.46. The van der Waals surface area contributed by atoms with Gasteiger partial charge in [-0.15, -0.1) is 0 Å². The van der Waals surface area contributed by atoms with E-state index in [0.717, 1.165) is 25.3 Å². The van der Waals surface area contributed by atoms with Crippen LogP contribution in [-0.2, 0) is 4.79 Å². The zero-order chi connectivity index (χ0) is 18.9. The first-order chi connectivity index (χ1) is 12.2. The number of carbonyl (C=O) groups excluding carboxylic acids is 2. The highest BCUT2D eigenvalue weighted by molar-refractivity contribution is 6.31. The van der Waals surface area contributed by atoms with E-state index < -0.39 is 34.1 Å². The summed E-state index contributed by atoms with van der Waals surface area (Å²) >= 11 is 5.80. The number of halogens is 3. The van der Waals surface area contributed by atoms with Crippen molar-refractivity contribution in [2.45, 2.75) is 37.6 Å². The van der Waals surface area contributed by atoms with E-state index in [4.69, 9.17) is 17.3 Å². The first-order valence-electron chi connectivity index (χ1n) is 8.71. The summed E-state index contributed by atoms with van der Waals surface area (Å²) in [6.07, 6.45) is 2.87. The van der Waals surface area contributed by atoms with Gasteiger partial charge in [0.25, 0.3) is 0 Å². The zero-order valence-corrected chi connectivity index (χ0v) is 15.1. The molecule has 3 aliphatic rings. The lowest BCUT2D eigenvalue weighted by atomic mass is 9.73. The number of piperazine rings is 1. The highest BCUT2D eigenvalue weighted by atomic mass is 35.5. The lowest BCUT2D eigenvalue weighted by Gasteiger charge is -2.48. The summed E-state index contributed by atoms with van der Waals surface area (Å²) in [5.41, 5.74) is 4.45. The number of nitrogens with one attached hydrogen (secondary N) is 1. The molecule has 1 aromatic carbocycles. The van der Waals surface area contributed by atoms with Crippen LogP contribution in [0, 0.1) is 23.0 Å². The Bertz CT molecular complexity index is 814. The minimum absolute atomic E-state index is 0.0224. The summed E-state index contributed by atoms with van der Waals surface area (Å²) in [4.78, 5) is 26.3. The summed E-state index contributed by atoms with van der Waals surface area (Å²) in [6, 6.07) is 1.71. The number of carbonyl (C=O) groups is 2. The lowest BCUT2D eigenvalue weighted by Crippen LogP contribution is -2.68. The van der Waals surface area contributed by atoms with Crippen molar-refractivity contribution >= 4 is 23.5 Å². The third-order valence-corrected chi connectivity index (χ3v) is 6.81. The molecular weight excluding hydrogens is 364 g/mol. The third kappa shape index (κ3) is 2.32. The maximum Gasteiger partial charge on any atom is 0.315 e. The molecule has 3 N–H and O–H groups in total. The van der Waals surface area contributed by atoms with E-state index >= 15 is 0 Å². The van der Waals surface area contributed by atoms with E-state index in [1.165, 1.54) is 11.0 Å². The molecule has 1 unspecified atom stereocenters. The van der Waals surface area contributed by atoms with Crippen molar-refractivity contribution in [3.05, 3.63) is 34.4 Å². The fraction of sp³-hybridized carbons (Fsp3) is 0.556.